The van der Waals surface area contributed by atoms with Gasteiger partial charge >= 0.3 is 0 Å². The molecule has 0 bridgehead atoms. The van der Waals surface area contributed by atoms with E-state index >= 15 is 0 Å². The number of H-pyrrole nitrogens is 1. The zero-order chi connectivity index (χ0) is 22.4. The molecule has 0 unspecified atom stereocenters. The van der Waals surface area contributed by atoms with Gasteiger partial charge in [0.15, 0.2) is 11.3 Å². The van der Waals surface area contributed by atoms with Gasteiger partial charge in [0.2, 0.25) is 0 Å². The second kappa shape index (κ2) is 7.62. The van der Waals surface area contributed by atoms with Crippen molar-refractivity contribution in [2.24, 2.45) is 5.73 Å². The molecule has 4 heterocycles. The number of fused-ring (bicyclic) bond motifs is 1. The number of nitrogens with one attached hydrogen (secondary N) is 2. The lowest BCUT2D eigenvalue weighted by atomic mass is 10.1. The number of pyridine rings is 1. The smallest absolute Gasteiger partial charge is 0.271 e. The predicted molar refractivity (Wildman–Crippen MR) is 120 cm³/mol. The Hall–Kier alpha value is -3.53. The number of thiophene rings is 1. The van der Waals surface area contributed by atoms with E-state index in [1.54, 1.807) is 35.2 Å². The van der Waals surface area contributed by atoms with Gasteiger partial charge in [0, 0.05) is 21.4 Å². The second-order valence-corrected chi connectivity index (χ2v) is 9.15. The van der Waals surface area contributed by atoms with Crippen LogP contribution < -0.4 is 11.1 Å². The van der Waals surface area contributed by atoms with Gasteiger partial charge in [-0.3, -0.25) is 14.7 Å². The number of anilines is 1. The third-order valence-electron chi connectivity index (χ3n) is 5.04. The molecule has 0 saturated carbocycles. The number of aromatic amines is 1. The largest absolute Gasteiger partial charge is 0.364 e. The Morgan fingerprint density at radius 2 is 1.97 bits per heavy atom. The maximum Gasteiger partial charge on any atom is 0.271 e. The van der Waals surface area contributed by atoms with Crippen molar-refractivity contribution in [2.75, 3.05) is 5.32 Å². The number of nitrogens with zero attached hydrogens (tertiary/aromatic N) is 4. The monoisotopic (exact) mass is 437 g/mol. The number of aromatic nitrogens is 5. The molecular weight excluding hydrogens is 414 g/mol. The lowest BCUT2D eigenvalue weighted by Gasteiger charge is -2.11. The first kappa shape index (κ1) is 20.7. The van der Waals surface area contributed by atoms with E-state index in [-0.39, 0.29) is 17.4 Å². The quantitative estimate of drug-likeness (QED) is 0.438. The standard InChI is InChI=1S/C21H23N7O2S/c1-9(2)28-20-15(8-23-28)14(7-16(24-20)13-6-10(3)31-12(13)5)21(30)25-17-11(4)26-27-18(17)19(22)29/h6-9H,1-5H3,(H2,22,29)(H,25,30)(H,26,27). The van der Waals surface area contributed by atoms with Crippen molar-refractivity contribution in [3.05, 3.63) is 45.0 Å². The van der Waals surface area contributed by atoms with Gasteiger partial charge in [-0.15, -0.1) is 11.3 Å². The molecule has 0 aliphatic rings. The fourth-order valence-electron chi connectivity index (χ4n) is 3.55. The van der Waals surface area contributed by atoms with Crippen LogP contribution in [0.4, 0.5) is 5.69 Å². The predicted octanol–water partition coefficient (Wildman–Crippen LogP) is 3.74. The Balaban J connectivity index is 1.89. The zero-order valence-corrected chi connectivity index (χ0v) is 18.7. The fraction of sp³-hybridized carbons (Fsp3) is 0.286. The molecule has 2 amide bonds. The third-order valence-corrected chi connectivity index (χ3v) is 6.00. The van der Waals surface area contributed by atoms with Crippen LogP contribution in [0.15, 0.2) is 18.3 Å². The van der Waals surface area contributed by atoms with Crippen LogP contribution in [0.25, 0.3) is 22.3 Å². The van der Waals surface area contributed by atoms with Crippen molar-refractivity contribution in [1.82, 2.24) is 25.0 Å². The molecule has 4 aromatic rings. The second-order valence-electron chi connectivity index (χ2n) is 7.69. The SMILES string of the molecule is Cc1cc(-c2cc(C(=O)Nc3c(C(N)=O)n[nH]c3C)c3cnn(C(C)C)c3n2)c(C)s1. The van der Waals surface area contributed by atoms with Crippen LogP contribution in [-0.2, 0) is 0 Å². The summed E-state index contributed by atoms with van der Waals surface area (Å²) in [7, 11) is 0. The van der Waals surface area contributed by atoms with E-state index in [9.17, 15) is 9.59 Å². The molecule has 0 saturated heterocycles. The van der Waals surface area contributed by atoms with Gasteiger partial charge in [0.25, 0.3) is 11.8 Å². The molecule has 0 aromatic carbocycles. The molecular formula is C21H23N7O2S. The summed E-state index contributed by atoms with van der Waals surface area (Å²) >= 11 is 1.68. The van der Waals surface area contributed by atoms with Gasteiger partial charge in [0.05, 0.1) is 34.2 Å². The van der Waals surface area contributed by atoms with Crippen LogP contribution in [0.1, 0.15) is 56.2 Å². The van der Waals surface area contributed by atoms with E-state index in [0.29, 0.717) is 28.0 Å². The van der Waals surface area contributed by atoms with Crippen molar-refractivity contribution in [1.29, 1.82) is 0 Å². The van der Waals surface area contributed by atoms with Crippen molar-refractivity contribution in [2.45, 2.75) is 40.7 Å². The Labute approximate surface area is 182 Å². The molecule has 0 aliphatic heterocycles. The molecule has 31 heavy (non-hydrogen) atoms. The number of carbonyl (C=O) groups is 2. The summed E-state index contributed by atoms with van der Waals surface area (Å²) in [6.07, 6.45) is 1.64. The fourth-order valence-corrected chi connectivity index (χ4v) is 4.48. The first-order valence-electron chi connectivity index (χ1n) is 9.79. The van der Waals surface area contributed by atoms with Gasteiger partial charge in [0.1, 0.15) is 0 Å². The normalized spacial score (nSPS) is 11.4. The average Bonchev–Trinajstić information content (AvgIpc) is 3.38. The number of amides is 2. The summed E-state index contributed by atoms with van der Waals surface area (Å²) in [5.74, 6) is -1.12. The molecule has 4 N–H and O–H groups in total. The molecule has 0 atom stereocenters. The van der Waals surface area contributed by atoms with Crippen molar-refractivity contribution >= 4 is 39.9 Å². The Morgan fingerprint density at radius 1 is 1.23 bits per heavy atom. The summed E-state index contributed by atoms with van der Waals surface area (Å²) in [6.45, 7) is 9.80. The third kappa shape index (κ3) is 3.59. The lowest BCUT2D eigenvalue weighted by Crippen LogP contribution is -2.18. The van der Waals surface area contributed by atoms with E-state index in [4.69, 9.17) is 10.7 Å². The maximum absolute atomic E-state index is 13.3. The highest BCUT2D eigenvalue weighted by Crippen LogP contribution is 2.33. The van der Waals surface area contributed by atoms with Crippen molar-refractivity contribution in [3.8, 4) is 11.3 Å². The van der Waals surface area contributed by atoms with Crippen LogP contribution in [0.3, 0.4) is 0 Å². The van der Waals surface area contributed by atoms with E-state index < -0.39 is 11.8 Å². The van der Waals surface area contributed by atoms with E-state index in [2.05, 4.69) is 26.7 Å². The number of primary amides is 1. The van der Waals surface area contributed by atoms with Crippen LogP contribution in [0.2, 0.25) is 0 Å². The molecule has 4 rings (SSSR count). The zero-order valence-electron chi connectivity index (χ0n) is 17.9. The Bertz CT molecular complexity index is 1330. The first-order chi connectivity index (χ1) is 14.7. The summed E-state index contributed by atoms with van der Waals surface area (Å²) in [6, 6.07) is 3.90. The minimum atomic E-state index is -0.725. The first-order valence-corrected chi connectivity index (χ1v) is 10.6. The van der Waals surface area contributed by atoms with Crippen LogP contribution >= 0.6 is 11.3 Å². The molecule has 9 nitrogen and oxygen atoms in total. The van der Waals surface area contributed by atoms with Crippen molar-refractivity contribution < 1.29 is 9.59 Å². The highest BCUT2D eigenvalue weighted by atomic mass is 32.1. The number of aryl methyl sites for hydroxylation is 3. The van der Waals surface area contributed by atoms with Gasteiger partial charge in [-0.05, 0) is 46.8 Å². The maximum atomic E-state index is 13.3. The number of hydrogen-bond acceptors (Lipinski definition) is 6. The van der Waals surface area contributed by atoms with Gasteiger partial charge in [-0.1, -0.05) is 0 Å². The molecule has 160 valence electrons. The topological polar surface area (TPSA) is 132 Å². The number of rotatable bonds is 5. The summed E-state index contributed by atoms with van der Waals surface area (Å²) < 4.78 is 1.79. The molecule has 4 aromatic heterocycles. The summed E-state index contributed by atoms with van der Waals surface area (Å²) in [5.41, 5.74) is 8.89. The highest BCUT2D eigenvalue weighted by molar-refractivity contribution is 7.12. The van der Waals surface area contributed by atoms with Gasteiger partial charge < -0.3 is 11.1 Å². The number of nitrogens with two attached hydrogens (primary N) is 1. The van der Waals surface area contributed by atoms with Crippen LogP contribution in [0.5, 0.6) is 0 Å². The minimum Gasteiger partial charge on any atom is -0.364 e. The number of carbonyl (C=O) groups excluding carboxylic acids is 2. The van der Waals surface area contributed by atoms with Crippen LogP contribution in [0, 0.1) is 20.8 Å². The van der Waals surface area contributed by atoms with E-state index in [1.165, 1.54) is 0 Å². The van der Waals surface area contributed by atoms with E-state index in [1.807, 2.05) is 27.7 Å². The Kier molecular flexibility index (Phi) is 5.10. The van der Waals surface area contributed by atoms with Crippen LogP contribution in [-0.4, -0.2) is 36.8 Å². The molecule has 10 heteroatoms. The molecule has 0 radical (unpaired) electrons. The van der Waals surface area contributed by atoms with E-state index in [0.717, 1.165) is 15.3 Å². The highest BCUT2D eigenvalue weighted by Gasteiger charge is 2.23. The lowest BCUT2D eigenvalue weighted by molar-refractivity contribution is 0.0996. The molecule has 0 aliphatic carbocycles. The molecule has 0 spiro atoms. The van der Waals surface area contributed by atoms with Gasteiger partial charge in [-0.2, -0.15) is 10.2 Å². The minimum absolute atomic E-state index is 0.0152. The van der Waals surface area contributed by atoms with Crippen molar-refractivity contribution in [3.63, 3.8) is 0 Å². The average molecular weight is 438 g/mol. The summed E-state index contributed by atoms with van der Waals surface area (Å²) in [5, 5.41) is 14.4. The summed E-state index contributed by atoms with van der Waals surface area (Å²) in [4.78, 5) is 32.1. The molecule has 0 fully saturated rings. The number of hydrogen-bond donors (Lipinski definition) is 3. The van der Waals surface area contributed by atoms with Gasteiger partial charge in [-0.25, -0.2) is 9.67 Å². The Morgan fingerprint density at radius 3 is 2.58 bits per heavy atom.